The number of hydrogen-bond donors (Lipinski definition) is 1. The molecule has 0 fully saturated rings. The highest BCUT2D eigenvalue weighted by molar-refractivity contribution is 6.07. The van der Waals surface area contributed by atoms with E-state index in [4.69, 9.17) is 9.68 Å². The van der Waals surface area contributed by atoms with Gasteiger partial charge in [0.15, 0.2) is 0 Å². The Kier molecular flexibility index (Phi) is 7.57. The predicted octanol–water partition coefficient (Wildman–Crippen LogP) is 4.39. The number of nitrogens with one attached hydrogen (secondary N) is 1. The first-order valence-corrected chi connectivity index (χ1v) is 8.57. The van der Waals surface area contributed by atoms with Crippen molar-refractivity contribution < 1.29 is 22.8 Å². The highest BCUT2D eigenvalue weighted by Crippen LogP contribution is 2.31. The van der Waals surface area contributed by atoms with Crippen molar-refractivity contribution in [1.29, 1.82) is 0 Å². The van der Waals surface area contributed by atoms with Crippen LogP contribution in [0.4, 0.5) is 13.2 Å². The summed E-state index contributed by atoms with van der Waals surface area (Å²) in [6, 6.07) is 12.4. The second kappa shape index (κ2) is 9.89. The van der Waals surface area contributed by atoms with Gasteiger partial charge in [-0.05, 0) is 31.7 Å². The van der Waals surface area contributed by atoms with E-state index in [-0.39, 0.29) is 0 Å². The summed E-state index contributed by atoms with van der Waals surface area (Å²) in [6.45, 7) is 2.12. The molecule has 0 aliphatic carbocycles. The van der Waals surface area contributed by atoms with Crippen LogP contribution in [0.5, 0.6) is 0 Å². The Morgan fingerprint density at radius 3 is 2.61 bits per heavy atom. The van der Waals surface area contributed by atoms with E-state index in [0.29, 0.717) is 17.8 Å². The average molecular weight is 393 g/mol. The SMILES string of the molecule is CNCC(=NOC)c1ccccc1C=NOC(C)c1cccc(C(F)(F)F)c1. The van der Waals surface area contributed by atoms with Crippen LogP contribution in [0.2, 0.25) is 0 Å². The number of likely N-dealkylation sites (N-methyl/N-ethyl adjacent to an activating group) is 1. The van der Waals surface area contributed by atoms with Crippen molar-refractivity contribution in [3.8, 4) is 0 Å². The Bertz CT molecular complexity index is 835. The summed E-state index contributed by atoms with van der Waals surface area (Å²) in [6.07, 6.45) is -3.54. The number of hydrogen-bond acceptors (Lipinski definition) is 5. The van der Waals surface area contributed by atoms with Crippen molar-refractivity contribution in [2.75, 3.05) is 20.7 Å². The summed E-state index contributed by atoms with van der Waals surface area (Å²) < 4.78 is 38.6. The zero-order valence-electron chi connectivity index (χ0n) is 15.8. The molecule has 1 N–H and O–H groups in total. The average Bonchev–Trinajstić information content (AvgIpc) is 2.67. The zero-order chi connectivity index (χ0) is 20.6. The van der Waals surface area contributed by atoms with Crippen LogP contribution < -0.4 is 5.32 Å². The number of nitrogens with zero attached hydrogens (tertiary/aromatic N) is 2. The normalized spacial score (nSPS) is 13.6. The lowest BCUT2D eigenvalue weighted by molar-refractivity contribution is -0.137. The standard InChI is InChI=1S/C20H22F3N3O2/c1-14(15-8-6-9-17(11-15)20(21,22)23)28-25-12-16-7-4-5-10-18(16)19(13-24-2)26-27-3/h4-12,14,24H,13H2,1-3H3. The minimum atomic E-state index is -4.40. The van der Waals surface area contributed by atoms with Gasteiger partial charge in [-0.2, -0.15) is 13.2 Å². The van der Waals surface area contributed by atoms with Crippen LogP contribution in [0.3, 0.4) is 0 Å². The largest absolute Gasteiger partial charge is 0.416 e. The maximum atomic E-state index is 12.9. The molecule has 0 amide bonds. The fraction of sp³-hybridized carbons (Fsp3) is 0.300. The number of oxime groups is 2. The summed E-state index contributed by atoms with van der Waals surface area (Å²) in [4.78, 5) is 10.3. The lowest BCUT2D eigenvalue weighted by atomic mass is 10.0. The lowest BCUT2D eigenvalue weighted by Crippen LogP contribution is -2.21. The molecule has 0 saturated carbocycles. The molecule has 0 spiro atoms. The van der Waals surface area contributed by atoms with E-state index in [1.807, 2.05) is 24.3 Å². The van der Waals surface area contributed by atoms with Crippen molar-refractivity contribution in [1.82, 2.24) is 5.32 Å². The van der Waals surface area contributed by atoms with Gasteiger partial charge in [0.1, 0.15) is 18.9 Å². The summed E-state index contributed by atoms with van der Waals surface area (Å²) in [5.41, 5.74) is 1.89. The van der Waals surface area contributed by atoms with E-state index in [1.54, 1.807) is 20.0 Å². The van der Waals surface area contributed by atoms with Crippen LogP contribution in [0, 0.1) is 0 Å². The Morgan fingerprint density at radius 1 is 1.18 bits per heavy atom. The second-order valence-electron chi connectivity index (χ2n) is 5.94. The van der Waals surface area contributed by atoms with Crippen molar-refractivity contribution >= 4 is 11.9 Å². The van der Waals surface area contributed by atoms with Gasteiger partial charge in [0.25, 0.3) is 0 Å². The number of rotatable bonds is 8. The van der Waals surface area contributed by atoms with Crippen molar-refractivity contribution in [3.63, 3.8) is 0 Å². The number of benzene rings is 2. The number of halogens is 3. The van der Waals surface area contributed by atoms with Crippen molar-refractivity contribution in [3.05, 3.63) is 70.8 Å². The zero-order valence-corrected chi connectivity index (χ0v) is 15.8. The first-order chi connectivity index (χ1) is 13.4. The van der Waals surface area contributed by atoms with Crippen molar-refractivity contribution in [2.45, 2.75) is 19.2 Å². The highest BCUT2D eigenvalue weighted by atomic mass is 19.4. The third-order valence-corrected chi connectivity index (χ3v) is 3.91. The van der Waals surface area contributed by atoms with Gasteiger partial charge in [-0.3, -0.25) is 0 Å². The lowest BCUT2D eigenvalue weighted by Gasteiger charge is -2.13. The molecule has 1 unspecified atom stereocenters. The molecule has 1 atom stereocenters. The monoisotopic (exact) mass is 393 g/mol. The van der Waals surface area contributed by atoms with Gasteiger partial charge in [0, 0.05) is 17.7 Å². The Morgan fingerprint density at radius 2 is 1.93 bits per heavy atom. The number of alkyl halides is 3. The molecule has 28 heavy (non-hydrogen) atoms. The fourth-order valence-corrected chi connectivity index (χ4v) is 2.53. The Labute approximate surface area is 161 Å². The smallest absolute Gasteiger partial charge is 0.399 e. The van der Waals surface area contributed by atoms with Gasteiger partial charge < -0.3 is 15.0 Å². The third kappa shape index (κ3) is 5.82. The molecule has 150 valence electrons. The molecule has 2 aromatic carbocycles. The summed E-state index contributed by atoms with van der Waals surface area (Å²) >= 11 is 0. The van der Waals surface area contributed by atoms with E-state index in [2.05, 4.69) is 15.6 Å². The van der Waals surface area contributed by atoms with Gasteiger partial charge in [0.05, 0.1) is 11.8 Å². The molecule has 0 aliphatic rings. The molecule has 2 aromatic rings. The minimum Gasteiger partial charge on any atom is -0.399 e. The van der Waals surface area contributed by atoms with E-state index in [0.717, 1.165) is 23.3 Å². The second-order valence-corrected chi connectivity index (χ2v) is 5.94. The van der Waals surface area contributed by atoms with Gasteiger partial charge in [0.2, 0.25) is 0 Å². The van der Waals surface area contributed by atoms with Crippen LogP contribution in [-0.2, 0) is 15.9 Å². The minimum absolute atomic E-state index is 0.386. The van der Waals surface area contributed by atoms with E-state index in [1.165, 1.54) is 19.4 Å². The molecular weight excluding hydrogens is 371 g/mol. The van der Waals surface area contributed by atoms with E-state index in [9.17, 15) is 13.2 Å². The van der Waals surface area contributed by atoms with Crippen molar-refractivity contribution in [2.24, 2.45) is 10.3 Å². The predicted molar refractivity (Wildman–Crippen MR) is 102 cm³/mol. The molecule has 0 heterocycles. The van der Waals surface area contributed by atoms with Crippen LogP contribution in [0.15, 0.2) is 58.8 Å². The third-order valence-electron chi connectivity index (χ3n) is 3.91. The highest BCUT2D eigenvalue weighted by Gasteiger charge is 2.30. The van der Waals surface area contributed by atoms with Gasteiger partial charge in [-0.1, -0.05) is 46.7 Å². The molecule has 0 aliphatic heterocycles. The van der Waals surface area contributed by atoms with Gasteiger partial charge in [-0.25, -0.2) is 0 Å². The molecule has 5 nitrogen and oxygen atoms in total. The molecular formula is C20H22F3N3O2. The molecule has 0 saturated heterocycles. The van der Waals surface area contributed by atoms with Gasteiger partial charge in [-0.15, -0.1) is 0 Å². The first-order valence-electron chi connectivity index (χ1n) is 8.57. The molecule has 0 radical (unpaired) electrons. The van der Waals surface area contributed by atoms with Crippen LogP contribution in [-0.4, -0.2) is 32.6 Å². The Balaban J connectivity index is 2.16. The van der Waals surface area contributed by atoms with Crippen LogP contribution >= 0.6 is 0 Å². The first kappa shape index (κ1) is 21.4. The quantitative estimate of drug-likeness (QED) is 0.535. The van der Waals surface area contributed by atoms with Crippen LogP contribution in [0.25, 0.3) is 0 Å². The maximum Gasteiger partial charge on any atom is 0.416 e. The van der Waals surface area contributed by atoms with E-state index >= 15 is 0 Å². The van der Waals surface area contributed by atoms with E-state index < -0.39 is 17.8 Å². The van der Waals surface area contributed by atoms with Crippen LogP contribution in [0.1, 0.15) is 35.3 Å². The van der Waals surface area contributed by atoms with Gasteiger partial charge >= 0.3 is 6.18 Å². The molecule has 0 aromatic heterocycles. The molecule has 0 bridgehead atoms. The summed E-state index contributed by atoms with van der Waals surface area (Å²) in [5, 5.41) is 11.0. The maximum absolute atomic E-state index is 12.9. The summed E-state index contributed by atoms with van der Waals surface area (Å²) in [7, 11) is 3.26. The fourth-order valence-electron chi connectivity index (χ4n) is 2.53. The Hall–Kier alpha value is -2.87. The summed E-state index contributed by atoms with van der Waals surface area (Å²) in [5.74, 6) is 0. The molecule has 2 rings (SSSR count). The topological polar surface area (TPSA) is 55.2 Å². The molecule has 8 heteroatoms.